The van der Waals surface area contributed by atoms with E-state index in [0.29, 0.717) is 12.3 Å². The van der Waals surface area contributed by atoms with E-state index < -0.39 is 0 Å². The number of esters is 1. The average molecular weight is 213 g/mol. The Morgan fingerprint density at radius 1 is 1.47 bits per heavy atom. The van der Waals surface area contributed by atoms with Crippen molar-refractivity contribution in [3.05, 3.63) is 0 Å². The molecule has 3 heteroatoms. The van der Waals surface area contributed by atoms with E-state index in [1.54, 1.807) is 0 Å². The van der Waals surface area contributed by atoms with E-state index in [-0.39, 0.29) is 11.6 Å². The van der Waals surface area contributed by atoms with Crippen LogP contribution in [0.2, 0.25) is 0 Å². The van der Waals surface area contributed by atoms with Gasteiger partial charge in [0.2, 0.25) is 0 Å². The highest BCUT2D eigenvalue weighted by molar-refractivity contribution is 5.70. The Labute approximate surface area is 92.8 Å². The second kappa shape index (κ2) is 4.97. The molecular weight excluding hydrogens is 190 g/mol. The highest BCUT2D eigenvalue weighted by Crippen LogP contribution is 2.20. The van der Waals surface area contributed by atoms with Crippen LogP contribution >= 0.6 is 0 Å². The summed E-state index contributed by atoms with van der Waals surface area (Å²) in [6.07, 6.45) is 1.71. The van der Waals surface area contributed by atoms with Gasteiger partial charge in [-0.3, -0.25) is 4.79 Å². The minimum atomic E-state index is -0.347. The molecule has 0 radical (unpaired) electrons. The normalized spacial score (nSPS) is 23.1. The van der Waals surface area contributed by atoms with Crippen LogP contribution < -0.4 is 0 Å². The summed E-state index contributed by atoms with van der Waals surface area (Å²) in [7, 11) is 0. The van der Waals surface area contributed by atoms with Gasteiger partial charge < -0.3 is 9.64 Å². The summed E-state index contributed by atoms with van der Waals surface area (Å²) in [5.74, 6) is 0.449. The fraction of sp³-hybridized carbons (Fsp3) is 0.917. The van der Waals surface area contributed by atoms with Gasteiger partial charge in [0, 0.05) is 13.0 Å². The maximum Gasteiger partial charge on any atom is 0.306 e. The molecule has 15 heavy (non-hydrogen) atoms. The molecule has 3 nitrogen and oxygen atoms in total. The first-order valence-corrected chi connectivity index (χ1v) is 5.85. The Morgan fingerprint density at radius 2 is 2.13 bits per heavy atom. The fourth-order valence-electron chi connectivity index (χ4n) is 1.99. The molecule has 0 aromatic rings. The summed E-state index contributed by atoms with van der Waals surface area (Å²) in [5, 5.41) is 0. The number of rotatable bonds is 3. The zero-order valence-electron chi connectivity index (χ0n) is 10.4. The van der Waals surface area contributed by atoms with E-state index in [0.717, 1.165) is 26.1 Å². The lowest BCUT2D eigenvalue weighted by atomic mass is 10.1. The van der Waals surface area contributed by atoms with Crippen LogP contribution in [0.3, 0.4) is 0 Å². The van der Waals surface area contributed by atoms with Crippen molar-refractivity contribution in [1.82, 2.24) is 4.90 Å². The van der Waals surface area contributed by atoms with E-state index in [1.807, 2.05) is 20.8 Å². The highest BCUT2D eigenvalue weighted by atomic mass is 16.6. The smallest absolute Gasteiger partial charge is 0.306 e. The molecule has 0 aromatic carbocycles. The number of carbonyl (C=O) groups excluding carboxylic acids is 1. The number of carbonyl (C=O) groups is 1. The van der Waals surface area contributed by atoms with Crippen LogP contribution in [0, 0.1) is 5.92 Å². The average Bonchev–Trinajstić information content (AvgIpc) is 2.48. The number of hydrogen-bond donors (Lipinski definition) is 0. The summed E-state index contributed by atoms with van der Waals surface area (Å²) in [6, 6.07) is 0. The van der Waals surface area contributed by atoms with E-state index in [9.17, 15) is 4.79 Å². The second-order valence-corrected chi connectivity index (χ2v) is 5.34. The van der Waals surface area contributed by atoms with Gasteiger partial charge in [0.1, 0.15) is 5.60 Å². The van der Waals surface area contributed by atoms with Crippen molar-refractivity contribution in [1.29, 1.82) is 0 Å². The van der Waals surface area contributed by atoms with Gasteiger partial charge in [0.15, 0.2) is 0 Å². The lowest BCUT2D eigenvalue weighted by Crippen LogP contribution is -2.26. The molecule has 0 N–H and O–H groups in total. The summed E-state index contributed by atoms with van der Waals surface area (Å²) >= 11 is 0. The molecule has 0 saturated carbocycles. The van der Waals surface area contributed by atoms with Crippen LogP contribution in [-0.4, -0.2) is 36.1 Å². The largest absolute Gasteiger partial charge is 0.460 e. The Balaban J connectivity index is 2.28. The number of ether oxygens (including phenoxy) is 1. The lowest BCUT2D eigenvalue weighted by molar-refractivity contribution is -0.155. The summed E-state index contributed by atoms with van der Waals surface area (Å²) in [6.45, 7) is 11.2. The molecule has 0 spiro atoms. The summed E-state index contributed by atoms with van der Waals surface area (Å²) in [5.41, 5.74) is -0.347. The van der Waals surface area contributed by atoms with Crippen molar-refractivity contribution < 1.29 is 9.53 Å². The maximum atomic E-state index is 11.6. The van der Waals surface area contributed by atoms with E-state index in [1.165, 1.54) is 0 Å². The van der Waals surface area contributed by atoms with Crippen LogP contribution in [-0.2, 0) is 9.53 Å². The molecule has 0 aromatic heterocycles. The molecule has 1 aliphatic rings. The molecule has 0 amide bonds. The molecule has 0 unspecified atom stereocenters. The van der Waals surface area contributed by atoms with Crippen LogP contribution in [0.5, 0.6) is 0 Å². The number of hydrogen-bond acceptors (Lipinski definition) is 3. The van der Waals surface area contributed by atoms with Gasteiger partial charge >= 0.3 is 5.97 Å². The number of nitrogens with zero attached hydrogens (tertiary/aromatic N) is 1. The van der Waals surface area contributed by atoms with Gasteiger partial charge in [-0.2, -0.15) is 0 Å². The summed E-state index contributed by atoms with van der Waals surface area (Å²) in [4.78, 5) is 14.0. The molecule has 0 bridgehead atoms. The second-order valence-electron chi connectivity index (χ2n) is 5.34. The number of likely N-dealkylation sites (tertiary alicyclic amines) is 1. The molecular formula is C12H23NO2. The van der Waals surface area contributed by atoms with Crippen LogP contribution in [0.4, 0.5) is 0 Å². The van der Waals surface area contributed by atoms with Gasteiger partial charge in [-0.1, -0.05) is 6.92 Å². The molecule has 1 saturated heterocycles. The SMILES string of the molecule is CCN1CC[C@H](CC(=O)OC(C)(C)C)C1. The zero-order valence-corrected chi connectivity index (χ0v) is 10.4. The first-order chi connectivity index (χ1) is 6.90. The van der Waals surface area contributed by atoms with Gasteiger partial charge in [-0.05, 0) is 46.2 Å². The molecule has 1 fully saturated rings. The van der Waals surface area contributed by atoms with Crippen molar-refractivity contribution in [2.24, 2.45) is 5.92 Å². The topological polar surface area (TPSA) is 29.5 Å². The van der Waals surface area contributed by atoms with Crippen LogP contribution in [0.1, 0.15) is 40.5 Å². The lowest BCUT2D eigenvalue weighted by Gasteiger charge is -2.20. The quantitative estimate of drug-likeness (QED) is 0.672. The Morgan fingerprint density at radius 3 is 2.60 bits per heavy atom. The van der Waals surface area contributed by atoms with E-state index in [4.69, 9.17) is 4.74 Å². The first kappa shape index (κ1) is 12.5. The van der Waals surface area contributed by atoms with Crippen LogP contribution in [0.25, 0.3) is 0 Å². The fourth-order valence-corrected chi connectivity index (χ4v) is 1.99. The van der Waals surface area contributed by atoms with E-state index in [2.05, 4.69) is 11.8 Å². The molecule has 1 atom stereocenters. The Kier molecular flexibility index (Phi) is 4.14. The van der Waals surface area contributed by atoms with Crippen molar-refractivity contribution >= 4 is 5.97 Å². The zero-order chi connectivity index (χ0) is 11.5. The predicted molar refractivity (Wildman–Crippen MR) is 60.7 cm³/mol. The van der Waals surface area contributed by atoms with Gasteiger partial charge in [0.25, 0.3) is 0 Å². The van der Waals surface area contributed by atoms with Gasteiger partial charge in [-0.15, -0.1) is 0 Å². The minimum absolute atomic E-state index is 0.0505. The van der Waals surface area contributed by atoms with Gasteiger partial charge in [0.05, 0.1) is 0 Å². The molecule has 1 aliphatic heterocycles. The summed E-state index contributed by atoms with van der Waals surface area (Å²) < 4.78 is 5.31. The standard InChI is InChI=1S/C12H23NO2/c1-5-13-7-6-10(9-13)8-11(14)15-12(2,3)4/h10H,5-9H2,1-4H3/t10-/m1/s1. The Bertz CT molecular complexity index is 220. The molecule has 1 rings (SSSR count). The molecule has 88 valence electrons. The van der Waals surface area contributed by atoms with E-state index >= 15 is 0 Å². The minimum Gasteiger partial charge on any atom is -0.460 e. The van der Waals surface area contributed by atoms with Gasteiger partial charge in [-0.25, -0.2) is 0 Å². The third kappa shape index (κ3) is 4.65. The van der Waals surface area contributed by atoms with Crippen molar-refractivity contribution in [2.45, 2.75) is 46.1 Å². The first-order valence-electron chi connectivity index (χ1n) is 5.85. The monoisotopic (exact) mass is 213 g/mol. The van der Waals surface area contributed by atoms with Crippen molar-refractivity contribution in [2.75, 3.05) is 19.6 Å². The Hall–Kier alpha value is -0.570. The maximum absolute atomic E-state index is 11.6. The third-order valence-corrected chi connectivity index (χ3v) is 2.69. The van der Waals surface area contributed by atoms with Crippen LogP contribution in [0.15, 0.2) is 0 Å². The highest BCUT2D eigenvalue weighted by Gasteiger charge is 2.25. The van der Waals surface area contributed by atoms with Crippen molar-refractivity contribution in [3.8, 4) is 0 Å². The predicted octanol–water partition coefficient (Wildman–Crippen LogP) is 2.06. The molecule has 1 heterocycles. The van der Waals surface area contributed by atoms with Crippen molar-refractivity contribution in [3.63, 3.8) is 0 Å². The third-order valence-electron chi connectivity index (χ3n) is 2.69. The molecule has 0 aliphatic carbocycles.